The fourth-order valence-electron chi connectivity index (χ4n) is 12.0. The third-order valence-corrected chi connectivity index (χ3v) is 18.9. The van der Waals surface area contributed by atoms with Gasteiger partial charge in [-0.2, -0.15) is 0 Å². The van der Waals surface area contributed by atoms with Gasteiger partial charge in [0.1, 0.15) is 78.3 Å². The molecule has 0 saturated heterocycles. The maximum absolute atomic E-state index is 14.9. The van der Waals surface area contributed by atoms with Gasteiger partial charge in [0.2, 0.25) is 76.8 Å². The predicted molar refractivity (Wildman–Crippen MR) is 450 cm³/mol. The first-order valence-electron chi connectivity index (χ1n) is 40.9. The van der Waals surface area contributed by atoms with Gasteiger partial charge < -0.3 is 164 Å². The highest BCUT2D eigenvalue weighted by atomic mass is 16.4. The molecule has 121 heavy (non-hydrogen) atoms. The van der Waals surface area contributed by atoms with E-state index in [0.717, 1.165) is 0 Å². The number of phenols is 1. The van der Waals surface area contributed by atoms with Crippen molar-refractivity contribution in [2.75, 3.05) is 72.1 Å². The number of carboxylic acids is 1. The molecule has 0 aliphatic heterocycles. The van der Waals surface area contributed by atoms with Crippen LogP contribution in [0.2, 0.25) is 0 Å². The number of aliphatic hydroxyl groups is 2. The molecule has 0 aromatic heterocycles. The van der Waals surface area contributed by atoms with Crippen molar-refractivity contribution < 1.29 is 87.5 Å². The van der Waals surface area contributed by atoms with Crippen LogP contribution in [0.15, 0.2) is 39.2 Å². The van der Waals surface area contributed by atoms with Crippen LogP contribution in [0, 0.1) is 0 Å². The number of rotatable bonds is 68. The monoisotopic (exact) mass is 1720 g/mol. The summed E-state index contributed by atoms with van der Waals surface area (Å²) in [6.07, 6.45) is 2.07. The Morgan fingerprint density at radius 1 is 0.289 bits per heavy atom. The van der Waals surface area contributed by atoms with E-state index in [4.69, 9.17) is 80.3 Å². The molecule has 47 nitrogen and oxygen atoms in total. The van der Waals surface area contributed by atoms with Gasteiger partial charge in [0.15, 0.2) is 17.9 Å². The number of unbranched alkanes of at least 4 members (excludes halogenated alkanes) is 6. The van der Waals surface area contributed by atoms with Crippen molar-refractivity contribution in [3.8, 4) is 5.75 Å². The number of amides is 13. The van der Waals surface area contributed by atoms with Crippen molar-refractivity contribution >= 4 is 101 Å². The topological polar surface area (TPSA) is 866 Å². The maximum atomic E-state index is 14.9. The number of hydrogen-bond acceptors (Lipinski definition) is 27. The molecule has 47 heteroatoms. The van der Waals surface area contributed by atoms with Gasteiger partial charge in [0.05, 0.1) is 19.3 Å². The number of nitrogens with one attached hydrogen (secondary N) is 12. The zero-order valence-electron chi connectivity index (χ0n) is 69.1. The van der Waals surface area contributed by atoms with Gasteiger partial charge in [0, 0.05) is 32.5 Å². The highest BCUT2D eigenvalue weighted by Crippen LogP contribution is 2.16. The highest BCUT2D eigenvalue weighted by molar-refractivity contribution is 6.00. The van der Waals surface area contributed by atoms with E-state index in [1.165, 1.54) is 24.3 Å². The molecular formula is C74H137N29O18. The minimum absolute atomic E-state index is 0.00554. The number of benzene rings is 1. The van der Waals surface area contributed by atoms with Crippen LogP contribution in [-0.2, 0) is 73.5 Å². The number of carbonyl (C=O) groups is 14. The molecule has 0 aliphatic rings. The van der Waals surface area contributed by atoms with Gasteiger partial charge in [-0.3, -0.25) is 77.3 Å². The van der Waals surface area contributed by atoms with E-state index in [0.29, 0.717) is 50.5 Å². The second-order valence-corrected chi connectivity index (χ2v) is 29.0. The van der Waals surface area contributed by atoms with Gasteiger partial charge in [0.25, 0.3) is 0 Å². The van der Waals surface area contributed by atoms with Crippen LogP contribution in [0.4, 0.5) is 0 Å². The largest absolute Gasteiger partial charge is 0.508 e. The number of aliphatic hydroxyl groups excluding tert-OH is 2. The summed E-state index contributed by atoms with van der Waals surface area (Å²) in [7, 11) is 0. The number of carboxylic acid groups (broad SMARTS) is 1. The van der Waals surface area contributed by atoms with Crippen molar-refractivity contribution in [2.24, 2.45) is 95.2 Å². The van der Waals surface area contributed by atoms with E-state index < -0.39 is 175 Å². The average molecular weight is 1720 g/mol. The number of nitrogens with two attached hydrogens (primary N) is 14. The molecule has 0 spiro atoms. The lowest BCUT2D eigenvalue weighted by Crippen LogP contribution is -2.61. The second-order valence-electron chi connectivity index (χ2n) is 29.0. The summed E-state index contributed by atoms with van der Waals surface area (Å²) in [5.74, 6) is -14.7. The minimum Gasteiger partial charge on any atom is -0.508 e. The molecule has 1 aromatic rings. The maximum Gasteiger partial charge on any atom is 0.328 e. The van der Waals surface area contributed by atoms with Gasteiger partial charge in [-0.05, 0) is 217 Å². The zero-order chi connectivity index (χ0) is 90.8. The molecule has 13 amide bonds. The normalized spacial score (nSPS) is 14.3. The Morgan fingerprint density at radius 3 is 0.736 bits per heavy atom. The van der Waals surface area contributed by atoms with Crippen LogP contribution in [-0.4, -0.2) is 272 Å². The summed E-state index contributed by atoms with van der Waals surface area (Å²) in [5, 5.41) is 71.0. The first kappa shape index (κ1) is 108. The Labute approximate surface area is 704 Å². The van der Waals surface area contributed by atoms with Crippen LogP contribution in [0.5, 0.6) is 5.75 Å². The SMILES string of the molecule is NCCCC[C@H](NC(=O)[C@H](Cc1ccc(O)cc1)NC(=O)[C@H](CCCN=C(N)N)NC(=O)[C@H](CO)NC(=O)[C@H](CCCCN)NC(=O)[C@H](CCCCN)NC(=O)[C@H](CCCCN)NC(=O)[C@H](CCCN=C(N)N)NC(=O)[C@H](CCCCN)NC(=O)[C@H](CCCN=C(N)N)NC(=O)[C@H](CCCCN)NC(=O)[C@@H](N)CCC(N)=O)C(=O)N[C@@H](CO)C(=O)O. The molecule has 0 fully saturated rings. The van der Waals surface area contributed by atoms with Crippen molar-refractivity contribution in [2.45, 2.75) is 252 Å². The summed E-state index contributed by atoms with van der Waals surface area (Å²) in [6, 6.07) is -14.1. The van der Waals surface area contributed by atoms with Gasteiger partial charge in [-0.1, -0.05) is 12.1 Å². The molecule has 1 aromatic carbocycles. The number of aliphatic imine (C=N–C) groups is 3. The first-order valence-corrected chi connectivity index (χ1v) is 40.9. The third-order valence-electron chi connectivity index (χ3n) is 18.9. The van der Waals surface area contributed by atoms with E-state index in [1.807, 2.05) is 0 Å². The lowest BCUT2D eigenvalue weighted by atomic mass is 10.0. The van der Waals surface area contributed by atoms with E-state index in [-0.39, 0.29) is 211 Å². The fourth-order valence-corrected chi connectivity index (χ4v) is 12.0. The van der Waals surface area contributed by atoms with Gasteiger partial charge in [-0.15, -0.1) is 0 Å². The molecule has 686 valence electrons. The Hall–Kier alpha value is -10.9. The van der Waals surface area contributed by atoms with Crippen molar-refractivity contribution in [1.82, 2.24) is 63.8 Å². The first-order chi connectivity index (χ1) is 57.6. The molecule has 0 unspecified atom stereocenters. The number of guanidine groups is 3. The second kappa shape index (κ2) is 63.1. The van der Waals surface area contributed by atoms with Crippen LogP contribution in [0.25, 0.3) is 0 Å². The molecule has 0 bridgehead atoms. The minimum atomic E-state index is -1.87. The number of phenolic OH excluding ortho intramolecular Hbond substituents is 1. The number of nitrogens with zero attached hydrogens (tertiary/aromatic N) is 3. The Kier molecular flexibility index (Phi) is 56.3. The van der Waals surface area contributed by atoms with Crippen molar-refractivity contribution in [3.63, 3.8) is 0 Å². The summed E-state index contributed by atoms with van der Waals surface area (Å²) < 4.78 is 0. The lowest BCUT2D eigenvalue weighted by molar-refractivity contribution is -0.143. The molecule has 0 aliphatic carbocycles. The number of carbonyl (C=O) groups excluding carboxylic acids is 13. The van der Waals surface area contributed by atoms with Crippen LogP contribution < -0.4 is 144 Å². The predicted octanol–water partition coefficient (Wildman–Crippen LogP) is -10.7. The number of aromatic hydroxyl groups is 1. The number of aliphatic carboxylic acids is 1. The van der Waals surface area contributed by atoms with Crippen molar-refractivity contribution in [3.05, 3.63) is 29.8 Å². The van der Waals surface area contributed by atoms with Crippen LogP contribution in [0.1, 0.15) is 173 Å². The third kappa shape index (κ3) is 47.0. The smallest absolute Gasteiger partial charge is 0.328 e. The summed E-state index contributed by atoms with van der Waals surface area (Å²) in [6.45, 7) is -1.24. The average Bonchev–Trinajstić information content (AvgIpc) is 0.857. The fraction of sp³-hybridized carbons (Fsp3) is 0.689. The van der Waals surface area contributed by atoms with Crippen molar-refractivity contribution in [1.29, 1.82) is 0 Å². The Balaban J connectivity index is 3.92. The number of primary amides is 1. The Bertz CT molecular complexity index is 3440. The summed E-state index contributed by atoms with van der Waals surface area (Å²) in [4.78, 5) is 208. The summed E-state index contributed by atoms with van der Waals surface area (Å²) >= 11 is 0. The number of hydrogen-bond donors (Lipinski definition) is 30. The molecule has 1 rings (SSSR count). The van der Waals surface area contributed by atoms with E-state index in [1.54, 1.807) is 0 Å². The highest BCUT2D eigenvalue weighted by Gasteiger charge is 2.38. The zero-order valence-corrected chi connectivity index (χ0v) is 69.1. The molecular weight excluding hydrogens is 1580 g/mol. The van der Waals surface area contributed by atoms with Crippen LogP contribution >= 0.6 is 0 Å². The van der Waals surface area contributed by atoms with E-state index in [2.05, 4.69) is 78.8 Å². The molecule has 0 saturated carbocycles. The van der Waals surface area contributed by atoms with Gasteiger partial charge >= 0.3 is 5.97 Å². The van der Waals surface area contributed by atoms with E-state index >= 15 is 0 Å². The summed E-state index contributed by atoms with van der Waals surface area (Å²) in [5.41, 5.74) is 80.1. The Morgan fingerprint density at radius 2 is 0.504 bits per heavy atom. The molecule has 44 N–H and O–H groups in total. The van der Waals surface area contributed by atoms with E-state index in [9.17, 15) is 87.5 Å². The quantitative estimate of drug-likeness (QED) is 0.0164. The molecule has 0 heterocycles. The van der Waals surface area contributed by atoms with Gasteiger partial charge in [-0.25, -0.2) is 4.79 Å². The lowest BCUT2D eigenvalue weighted by Gasteiger charge is -2.28. The molecule has 0 radical (unpaired) electrons. The standard InChI is InChI=1S/C74H137N29O18/c75-31-7-1-16-46(92-59(108)45(81)29-30-58(82)107)60(109)97-52(22-13-37-89-72(83)84)64(113)95-49(19-4-10-34-78)63(112)98-53(23-14-38-90-73(85)86)65(114)94-48(18-3-9-33-77)61(110)93-47(17-2-8-32-76)62(111)96-50(20-5-11-35-79)67(116)102-56(41-104)70(119)100-54(24-15-39-91-74(87)88)66(115)101-55(40-43-25-27-44(106)28-26-43)69(118)99-51(21-6-12-36-80)68(117)103-57(42-105)71(120)121/h25-28,45-57,104-106H,1-24,29-42,75-81H2,(H2,82,107)(H,92,108)(H,93,110)(H,94,114)(H,95,113)(H,96,111)(H,97,109)(H,98,112)(H,99,118)(H,100,119)(H,101,115)(H,102,116)(H,103,117)(H,120,121)(H4,83,84,89)(H4,85,86,90)(H4,87,88,91)/t45-,46-,47-,48-,49-,50-,51-,52-,53-,54-,55-,56-,57-/m0/s1. The molecule has 13 atom stereocenters. The van der Waals surface area contributed by atoms with Crippen LogP contribution in [0.3, 0.4) is 0 Å².